The first-order chi connectivity index (χ1) is 15.8. The minimum atomic E-state index is -0.840. The van der Waals surface area contributed by atoms with Crippen LogP contribution in [0.5, 0.6) is 0 Å². The molecule has 1 amide bonds. The van der Waals surface area contributed by atoms with E-state index in [2.05, 4.69) is 0 Å². The lowest BCUT2D eigenvalue weighted by molar-refractivity contribution is -0.384. The van der Waals surface area contributed by atoms with E-state index in [1.54, 1.807) is 24.3 Å². The van der Waals surface area contributed by atoms with Crippen molar-refractivity contribution in [1.29, 1.82) is 0 Å². The number of non-ortho nitro benzene ring substituents is 1. The summed E-state index contributed by atoms with van der Waals surface area (Å²) >= 11 is 7.12. The number of methoxy groups -OCH3 is 1. The predicted molar refractivity (Wildman–Crippen MR) is 120 cm³/mol. The van der Waals surface area contributed by atoms with Crippen LogP contribution in [-0.4, -0.2) is 54.5 Å². The van der Waals surface area contributed by atoms with Crippen molar-refractivity contribution in [3.05, 3.63) is 63.2 Å². The van der Waals surface area contributed by atoms with Crippen LogP contribution in [0, 0.1) is 16.0 Å². The first-order valence-electron chi connectivity index (χ1n) is 10.0. The van der Waals surface area contributed by atoms with Gasteiger partial charge in [0.2, 0.25) is 0 Å². The second kappa shape index (κ2) is 11.2. The van der Waals surface area contributed by atoms with Gasteiger partial charge in [0.15, 0.2) is 6.61 Å². The number of halogens is 1. The van der Waals surface area contributed by atoms with Gasteiger partial charge >= 0.3 is 11.9 Å². The van der Waals surface area contributed by atoms with Gasteiger partial charge in [0.25, 0.3) is 11.6 Å². The summed E-state index contributed by atoms with van der Waals surface area (Å²) in [6.07, 6.45) is 0.943. The zero-order chi connectivity index (χ0) is 24.0. The van der Waals surface area contributed by atoms with Crippen molar-refractivity contribution < 1.29 is 28.8 Å². The Morgan fingerprint density at radius 2 is 1.82 bits per heavy atom. The average molecular weight is 493 g/mol. The molecule has 0 saturated carbocycles. The van der Waals surface area contributed by atoms with E-state index in [0.717, 1.165) is 11.0 Å². The number of carbonyl (C=O) groups excluding carboxylic acids is 3. The highest BCUT2D eigenvalue weighted by Crippen LogP contribution is 2.33. The minimum absolute atomic E-state index is 0.0126. The Hall–Kier alpha value is -3.11. The number of piperidine rings is 1. The van der Waals surface area contributed by atoms with Crippen LogP contribution in [0.3, 0.4) is 0 Å². The van der Waals surface area contributed by atoms with Crippen molar-refractivity contribution in [3.8, 4) is 0 Å². The zero-order valence-corrected chi connectivity index (χ0v) is 19.3. The number of esters is 2. The Labute approximate surface area is 199 Å². The third kappa shape index (κ3) is 6.45. The molecule has 11 heteroatoms. The molecule has 0 aliphatic carbocycles. The average Bonchev–Trinajstić information content (AvgIpc) is 2.83. The molecule has 2 aromatic carbocycles. The Balaban J connectivity index is 1.67. The number of hydrogen-bond donors (Lipinski definition) is 0. The topological polar surface area (TPSA) is 116 Å². The Morgan fingerprint density at radius 1 is 1.15 bits per heavy atom. The molecule has 1 heterocycles. The van der Waals surface area contributed by atoms with Crippen molar-refractivity contribution in [3.63, 3.8) is 0 Å². The van der Waals surface area contributed by atoms with Gasteiger partial charge in [0.05, 0.1) is 23.5 Å². The number of nitrogens with zero attached hydrogens (tertiary/aromatic N) is 2. The van der Waals surface area contributed by atoms with Crippen LogP contribution in [0.25, 0.3) is 0 Å². The summed E-state index contributed by atoms with van der Waals surface area (Å²) in [5.74, 6) is -1.79. The maximum Gasteiger partial charge on any atom is 0.340 e. The molecule has 0 unspecified atom stereocenters. The zero-order valence-electron chi connectivity index (χ0n) is 17.7. The fraction of sp³-hybridized carbons (Fsp3) is 0.318. The second-order valence-corrected chi connectivity index (χ2v) is 8.80. The van der Waals surface area contributed by atoms with E-state index in [1.165, 1.54) is 35.9 Å². The Bertz CT molecular complexity index is 1050. The van der Waals surface area contributed by atoms with E-state index >= 15 is 0 Å². The quantitative estimate of drug-likeness (QED) is 0.324. The van der Waals surface area contributed by atoms with Gasteiger partial charge in [-0.15, -0.1) is 0 Å². The second-order valence-electron chi connectivity index (χ2n) is 7.25. The van der Waals surface area contributed by atoms with Crippen LogP contribution in [0.1, 0.15) is 23.2 Å². The molecular formula is C22H21ClN2O7S. The standard InChI is InChI=1S/C22H21ClN2O7S/c1-31-21(27)14-8-10-24(11-9-14)20(26)13-32-22(28)18-12-16(25(29)30)4-7-19(18)33-17-5-2-15(23)3-6-17/h2-7,12,14H,8-11,13H2,1H3. The number of benzene rings is 2. The third-order valence-electron chi connectivity index (χ3n) is 5.14. The van der Waals surface area contributed by atoms with Crippen LogP contribution in [0.4, 0.5) is 5.69 Å². The highest BCUT2D eigenvalue weighted by molar-refractivity contribution is 7.99. The summed E-state index contributed by atoms with van der Waals surface area (Å²) < 4.78 is 9.92. The molecule has 1 fully saturated rings. The van der Waals surface area contributed by atoms with Gasteiger partial charge in [-0.1, -0.05) is 23.4 Å². The van der Waals surface area contributed by atoms with Crippen molar-refractivity contribution in [2.75, 3.05) is 26.8 Å². The number of likely N-dealkylation sites (tertiary alicyclic amines) is 1. The number of hydrogen-bond acceptors (Lipinski definition) is 8. The van der Waals surface area contributed by atoms with Crippen molar-refractivity contribution in [1.82, 2.24) is 4.90 Å². The molecule has 9 nitrogen and oxygen atoms in total. The molecule has 0 aromatic heterocycles. The van der Waals surface area contributed by atoms with Crippen LogP contribution in [0.15, 0.2) is 52.3 Å². The van der Waals surface area contributed by atoms with Crippen LogP contribution in [0.2, 0.25) is 5.02 Å². The normalized spacial score (nSPS) is 13.9. The molecule has 1 aliphatic rings. The number of rotatable bonds is 7. The molecule has 2 aromatic rings. The Kier molecular flexibility index (Phi) is 8.29. The van der Waals surface area contributed by atoms with Gasteiger partial charge in [0, 0.05) is 40.0 Å². The molecule has 0 atom stereocenters. The van der Waals surface area contributed by atoms with Gasteiger partial charge in [0.1, 0.15) is 0 Å². The van der Waals surface area contributed by atoms with Gasteiger partial charge < -0.3 is 14.4 Å². The lowest BCUT2D eigenvalue weighted by Crippen LogP contribution is -2.42. The molecule has 3 rings (SSSR count). The van der Waals surface area contributed by atoms with Crippen LogP contribution >= 0.6 is 23.4 Å². The highest BCUT2D eigenvalue weighted by Gasteiger charge is 2.28. The molecular weight excluding hydrogens is 472 g/mol. The summed E-state index contributed by atoms with van der Waals surface area (Å²) in [6, 6.07) is 10.8. The third-order valence-corrected chi connectivity index (χ3v) is 6.48. The monoisotopic (exact) mass is 492 g/mol. The summed E-state index contributed by atoms with van der Waals surface area (Å²) in [5.41, 5.74) is -0.278. The largest absolute Gasteiger partial charge is 0.469 e. The van der Waals surface area contributed by atoms with Gasteiger partial charge in [-0.05, 0) is 43.2 Å². The van der Waals surface area contributed by atoms with Gasteiger partial charge in [-0.2, -0.15) is 0 Å². The molecule has 174 valence electrons. The summed E-state index contributed by atoms with van der Waals surface area (Å²) in [4.78, 5) is 50.1. The maximum atomic E-state index is 12.7. The maximum absolute atomic E-state index is 12.7. The van der Waals surface area contributed by atoms with E-state index < -0.39 is 23.4 Å². The van der Waals surface area contributed by atoms with E-state index in [1.807, 2.05) is 0 Å². The van der Waals surface area contributed by atoms with Crippen LogP contribution in [-0.2, 0) is 19.1 Å². The lowest BCUT2D eigenvalue weighted by Gasteiger charge is -2.30. The summed E-state index contributed by atoms with van der Waals surface area (Å²) in [5, 5.41) is 11.7. The predicted octanol–water partition coefficient (Wildman–Crippen LogP) is 3.97. The summed E-state index contributed by atoms with van der Waals surface area (Å²) in [6.45, 7) is 0.199. The van der Waals surface area contributed by atoms with Crippen molar-refractivity contribution >= 4 is 46.9 Å². The number of nitro groups is 1. The number of nitro benzene ring substituents is 1. The first kappa shape index (κ1) is 24.5. The Morgan fingerprint density at radius 3 is 2.42 bits per heavy atom. The van der Waals surface area contributed by atoms with E-state index in [9.17, 15) is 24.5 Å². The van der Waals surface area contributed by atoms with Crippen molar-refractivity contribution in [2.24, 2.45) is 5.92 Å². The van der Waals surface area contributed by atoms with Gasteiger partial charge in [-0.3, -0.25) is 19.7 Å². The van der Waals surface area contributed by atoms with E-state index in [4.69, 9.17) is 21.1 Å². The van der Waals surface area contributed by atoms with Gasteiger partial charge in [-0.25, -0.2) is 4.79 Å². The number of carbonyl (C=O) groups is 3. The molecule has 0 bridgehead atoms. The molecule has 33 heavy (non-hydrogen) atoms. The highest BCUT2D eigenvalue weighted by atomic mass is 35.5. The van der Waals surface area contributed by atoms with Crippen molar-refractivity contribution in [2.45, 2.75) is 22.6 Å². The number of amides is 1. The molecule has 0 spiro atoms. The molecule has 1 saturated heterocycles. The SMILES string of the molecule is COC(=O)C1CCN(C(=O)COC(=O)c2cc([N+](=O)[O-])ccc2Sc2ccc(Cl)cc2)CC1. The fourth-order valence-electron chi connectivity index (χ4n) is 3.34. The van der Waals surface area contributed by atoms with Crippen LogP contribution < -0.4 is 0 Å². The lowest BCUT2D eigenvalue weighted by atomic mass is 9.97. The van der Waals surface area contributed by atoms with E-state index in [-0.39, 0.29) is 23.1 Å². The first-order valence-corrected chi connectivity index (χ1v) is 11.2. The summed E-state index contributed by atoms with van der Waals surface area (Å²) in [7, 11) is 1.33. The molecule has 1 aliphatic heterocycles. The smallest absolute Gasteiger partial charge is 0.340 e. The van der Waals surface area contributed by atoms with E-state index in [0.29, 0.717) is 35.8 Å². The molecule has 0 N–H and O–H groups in total. The molecule has 0 radical (unpaired) electrons. The minimum Gasteiger partial charge on any atom is -0.469 e. The fourth-order valence-corrected chi connectivity index (χ4v) is 4.38. The number of ether oxygens (including phenoxy) is 2.